The number of aryl methyl sites for hydroxylation is 1. The number of H-pyrrole nitrogens is 1. The van der Waals surface area contributed by atoms with Crippen LogP contribution in [0.15, 0.2) is 52.4 Å². The molecule has 2 aromatic carbocycles. The maximum absolute atomic E-state index is 13.0. The van der Waals surface area contributed by atoms with Gasteiger partial charge in [-0.1, -0.05) is 31.2 Å². The quantitative estimate of drug-likeness (QED) is 0.239. The summed E-state index contributed by atoms with van der Waals surface area (Å²) in [6.45, 7) is 6.34. The van der Waals surface area contributed by atoms with E-state index in [0.717, 1.165) is 29.3 Å². The lowest BCUT2D eigenvalue weighted by Crippen LogP contribution is -2.57. The first-order valence-electron chi connectivity index (χ1n) is 12.7. The molecule has 0 radical (unpaired) electrons. The summed E-state index contributed by atoms with van der Waals surface area (Å²) in [7, 11) is 1.52. The number of hydrogen-bond acceptors (Lipinski definition) is 7. The number of nitrogens with one attached hydrogen (secondary N) is 4. The summed E-state index contributed by atoms with van der Waals surface area (Å²) in [5.74, 6) is 0.105. The Morgan fingerprint density at radius 1 is 1.32 bits per heavy atom. The lowest BCUT2D eigenvalue weighted by molar-refractivity contribution is 0.102. The first kappa shape index (κ1) is 27.0. The van der Waals surface area contributed by atoms with Gasteiger partial charge in [0.05, 0.1) is 36.8 Å². The van der Waals surface area contributed by atoms with Gasteiger partial charge in [0.25, 0.3) is 5.91 Å². The normalized spacial score (nSPS) is 20.8. The van der Waals surface area contributed by atoms with E-state index in [4.69, 9.17) is 26.6 Å². The van der Waals surface area contributed by atoms with Gasteiger partial charge in [0.2, 0.25) is 0 Å². The number of carbonyl (C=O) groups excluding carboxylic acids is 1. The number of carbonyl (C=O) groups is 1. The van der Waals surface area contributed by atoms with Crippen molar-refractivity contribution in [2.45, 2.75) is 45.3 Å². The number of aromatic amines is 1. The monoisotopic (exact) mass is 516 g/mol. The Bertz CT molecular complexity index is 1410. The van der Waals surface area contributed by atoms with Crippen LogP contribution in [0.3, 0.4) is 0 Å². The predicted molar refractivity (Wildman–Crippen MR) is 154 cm³/mol. The Balaban J connectivity index is 1.61. The van der Waals surface area contributed by atoms with E-state index in [0.29, 0.717) is 35.1 Å². The summed E-state index contributed by atoms with van der Waals surface area (Å²) in [5, 5.41) is 16.1. The fourth-order valence-corrected chi connectivity index (χ4v) is 4.71. The van der Waals surface area contributed by atoms with E-state index >= 15 is 0 Å². The molecule has 3 atom stereocenters. The van der Waals surface area contributed by atoms with Crippen LogP contribution in [0.5, 0.6) is 5.75 Å². The molecule has 10 heteroatoms. The zero-order valence-electron chi connectivity index (χ0n) is 22.3. The lowest BCUT2D eigenvalue weighted by atomic mass is 9.84. The second-order valence-electron chi connectivity index (χ2n) is 9.72. The third kappa shape index (κ3) is 5.46. The van der Waals surface area contributed by atoms with E-state index in [1.807, 2.05) is 31.2 Å². The molecular formula is C28H36N8O2. The van der Waals surface area contributed by atoms with Crippen LogP contribution in [0.25, 0.3) is 10.9 Å². The van der Waals surface area contributed by atoms with Crippen LogP contribution in [0, 0.1) is 18.3 Å². The van der Waals surface area contributed by atoms with Crippen molar-refractivity contribution >= 4 is 40.4 Å². The Kier molecular flexibility index (Phi) is 7.94. The van der Waals surface area contributed by atoms with E-state index in [-0.39, 0.29) is 17.7 Å². The molecule has 1 amide bonds. The van der Waals surface area contributed by atoms with Crippen molar-refractivity contribution in [1.29, 1.82) is 5.41 Å². The number of nitrogens with zero attached hydrogens (tertiary/aromatic N) is 2. The number of nitrogens with two attached hydrogens (primary N) is 2. The van der Waals surface area contributed by atoms with Gasteiger partial charge in [-0.15, -0.1) is 0 Å². The standard InChI is InChI=1S/C28H36N8O2/c1-5-19(11-12-29)34-26-23(28(3,31)33-15-32-26)24(30)17-9-10-20(22(14-17)38-4)36-27(37)21-13-18-8-6-7-16(2)25(18)35-21/h6-10,13-15,19,23,30,35H,5,11-12,29,31H2,1-4H3,(H,36,37)(H,32,33,34). The first-order chi connectivity index (χ1) is 18.2. The number of aliphatic imine (C=N–C) groups is 2. The molecule has 3 unspecified atom stereocenters. The highest BCUT2D eigenvalue weighted by molar-refractivity contribution is 6.17. The zero-order valence-corrected chi connectivity index (χ0v) is 22.3. The average molecular weight is 517 g/mol. The summed E-state index contributed by atoms with van der Waals surface area (Å²) in [6, 6.07) is 13.0. The number of methoxy groups -OCH3 is 1. The van der Waals surface area contributed by atoms with Crippen LogP contribution in [-0.4, -0.2) is 54.1 Å². The molecule has 4 rings (SSSR count). The van der Waals surface area contributed by atoms with E-state index in [9.17, 15) is 4.79 Å². The third-order valence-corrected chi connectivity index (χ3v) is 6.86. The van der Waals surface area contributed by atoms with Gasteiger partial charge in [-0.25, -0.2) is 0 Å². The maximum atomic E-state index is 13.0. The molecule has 38 heavy (non-hydrogen) atoms. The van der Waals surface area contributed by atoms with E-state index in [1.54, 1.807) is 25.1 Å². The average Bonchev–Trinajstić information content (AvgIpc) is 3.34. The summed E-state index contributed by atoms with van der Waals surface area (Å²) < 4.78 is 5.59. The number of aromatic nitrogens is 1. The molecule has 3 aromatic rings. The first-order valence-corrected chi connectivity index (χ1v) is 12.7. The summed E-state index contributed by atoms with van der Waals surface area (Å²) >= 11 is 0. The number of amidine groups is 1. The SMILES string of the molecule is CCC(CCN)N=C1NC=NC(C)(N)C1C(=N)c1ccc(NC(=O)c2cc3cccc(C)c3[nH]2)c(OC)c1. The maximum Gasteiger partial charge on any atom is 0.272 e. The molecule has 8 N–H and O–H groups in total. The Labute approximate surface area is 222 Å². The number of amides is 1. The summed E-state index contributed by atoms with van der Waals surface area (Å²) in [4.78, 5) is 25.5. The van der Waals surface area contributed by atoms with Gasteiger partial charge < -0.3 is 37.2 Å². The van der Waals surface area contributed by atoms with Crippen molar-refractivity contribution in [2.24, 2.45) is 27.4 Å². The highest BCUT2D eigenvalue weighted by Crippen LogP contribution is 2.31. The number of rotatable bonds is 9. The number of para-hydroxylation sites is 1. The van der Waals surface area contributed by atoms with Crippen molar-refractivity contribution in [2.75, 3.05) is 19.0 Å². The molecular weight excluding hydrogens is 480 g/mol. The largest absolute Gasteiger partial charge is 0.495 e. The van der Waals surface area contributed by atoms with Crippen molar-refractivity contribution in [3.8, 4) is 5.75 Å². The molecule has 0 saturated heterocycles. The topological polar surface area (TPSA) is 167 Å². The second-order valence-corrected chi connectivity index (χ2v) is 9.72. The predicted octanol–water partition coefficient (Wildman–Crippen LogP) is 3.55. The highest BCUT2D eigenvalue weighted by Gasteiger charge is 2.40. The van der Waals surface area contributed by atoms with Crippen LogP contribution in [0.2, 0.25) is 0 Å². The zero-order chi connectivity index (χ0) is 27.4. The van der Waals surface area contributed by atoms with E-state index < -0.39 is 11.6 Å². The number of anilines is 1. The molecule has 2 heterocycles. The lowest BCUT2D eigenvalue weighted by Gasteiger charge is -2.35. The minimum absolute atomic E-state index is 0.0145. The second kappa shape index (κ2) is 11.2. The molecule has 0 spiro atoms. The Hall–Kier alpha value is -4.02. The molecule has 0 aliphatic carbocycles. The van der Waals surface area contributed by atoms with Crippen LogP contribution in [0.1, 0.15) is 48.3 Å². The summed E-state index contributed by atoms with van der Waals surface area (Å²) in [6.07, 6.45) is 3.08. The summed E-state index contributed by atoms with van der Waals surface area (Å²) in [5.41, 5.74) is 15.0. The van der Waals surface area contributed by atoms with Gasteiger partial charge in [-0.2, -0.15) is 0 Å². The fourth-order valence-electron chi connectivity index (χ4n) is 4.71. The van der Waals surface area contributed by atoms with Crippen LogP contribution in [0.4, 0.5) is 5.69 Å². The number of ether oxygens (including phenoxy) is 1. The van der Waals surface area contributed by atoms with Gasteiger partial charge in [0.15, 0.2) is 0 Å². The van der Waals surface area contributed by atoms with Gasteiger partial charge in [-0.3, -0.25) is 14.8 Å². The minimum Gasteiger partial charge on any atom is -0.495 e. The van der Waals surface area contributed by atoms with Crippen molar-refractivity contribution < 1.29 is 9.53 Å². The van der Waals surface area contributed by atoms with Crippen molar-refractivity contribution in [3.63, 3.8) is 0 Å². The van der Waals surface area contributed by atoms with Crippen molar-refractivity contribution in [1.82, 2.24) is 10.3 Å². The van der Waals surface area contributed by atoms with Gasteiger partial charge in [-0.05, 0) is 62.6 Å². The number of fused-ring (bicyclic) bond motifs is 1. The molecule has 0 fully saturated rings. The van der Waals surface area contributed by atoms with E-state index in [2.05, 4.69) is 27.5 Å². The molecule has 200 valence electrons. The number of benzene rings is 2. The molecule has 10 nitrogen and oxygen atoms in total. The fraction of sp³-hybridized carbons (Fsp3) is 0.357. The Morgan fingerprint density at radius 3 is 2.79 bits per heavy atom. The smallest absolute Gasteiger partial charge is 0.272 e. The molecule has 1 aliphatic heterocycles. The molecule has 1 aliphatic rings. The minimum atomic E-state index is -1.07. The van der Waals surface area contributed by atoms with Gasteiger partial charge in [0, 0.05) is 10.9 Å². The Morgan fingerprint density at radius 2 is 2.11 bits per heavy atom. The van der Waals surface area contributed by atoms with Crippen molar-refractivity contribution in [3.05, 3.63) is 59.3 Å². The third-order valence-electron chi connectivity index (χ3n) is 6.86. The van der Waals surface area contributed by atoms with E-state index in [1.165, 1.54) is 13.4 Å². The van der Waals surface area contributed by atoms with Crippen LogP contribution >= 0.6 is 0 Å². The molecule has 1 aromatic heterocycles. The van der Waals surface area contributed by atoms with Gasteiger partial charge in [0.1, 0.15) is 22.9 Å². The molecule has 0 bridgehead atoms. The van der Waals surface area contributed by atoms with Crippen LogP contribution in [-0.2, 0) is 0 Å². The van der Waals surface area contributed by atoms with Crippen LogP contribution < -0.4 is 26.8 Å². The molecule has 0 saturated carbocycles. The number of hydrogen-bond donors (Lipinski definition) is 6. The highest BCUT2D eigenvalue weighted by atomic mass is 16.5. The van der Waals surface area contributed by atoms with Gasteiger partial charge >= 0.3 is 0 Å².